The lowest BCUT2D eigenvalue weighted by Crippen LogP contribution is -2.48. The number of furan rings is 1. The van der Waals surface area contributed by atoms with Crippen LogP contribution in [-0.2, 0) is 4.74 Å². The monoisotopic (exact) mass is 360 g/mol. The quantitative estimate of drug-likeness (QED) is 0.813. The van der Waals surface area contributed by atoms with E-state index >= 15 is 0 Å². The first kappa shape index (κ1) is 17.3. The Morgan fingerprint density at radius 2 is 1.88 bits per heavy atom. The van der Waals surface area contributed by atoms with Crippen LogP contribution in [0.1, 0.15) is 37.2 Å². The third-order valence-corrected chi connectivity index (χ3v) is 5.95. The highest BCUT2D eigenvalue weighted by atomic mass is 19.1. The summed E-state index contributed by atoms with van der Waals surface area (Å²) in [5.74, 6) is 0.208. The Morgan fingerprint density at radius 1 is 1.15 bits per heavy atom. The molecule has 0 unspecified atom stereocenters. The van der Waals surface area contributed by atoms with Crippen LogP contribution in [0, 0.1) is 5.82 Å². The molecule has 1 amide bonds. The van der Waals surface area contributed by atoms with Crippen molar-refractivity contribution in [2.75, 3.05) is 33.3 Å². The molecule has 6 heteroatoms. The van der Waals surface area contributed by atoms with Crippen molar-refractivity contribution in [3.8, 4) is 0 Å². The molecule has 0 spiro atoms. The zero-order valence-electron chi connectivity index (χ0n) is 15.1. The molecule has 26 heavy (non-hydrogen) atoms. The fourth-order valence-electron chi connectivity index (χ4n) is 4.46. The highest BCUT2D eigenvalue weighted by molar-refractivity contribution is 5.81. The van der Waals surface area contributed by atoms with Gasteiger partial charge in [0.05, 0.1) is 13.4 Å². The van der Waals surface area contributed by atoms with E-state index in [4.69, 9.17) is 9.15 Å². The van der Waals surface area contributed by atoms with E-state index < -0.39 is 0 Å². The van der Waals surface area contributed by atoms with Gasteiger partial charge < -0.3 is 19.0 Å². The Hall–Kier alpha value is -2.08. The number of ether oxygens (including phenoxy) is 1. The summed E-state index contributed by atoms with van der Waals surface area (Å²) in [6.07, 6.45) is 5.78. The summed E-state index contributed by atoms with van der Waals surface area (Å²) >= 11 is 0. The highest BCUT2D eigenvalue weighted by Gasteiger charge is 2.31. The number of likely N-dealkylation sites (tertiary alicyclic amines) is 2. The van der Waals surface area contributed by atoms with E-state index in [-0.39, 0.29) is 11.9 Å². The summed E-state index contributed by atoms with van der Waals surface area (Å²) in [7, 11) is 1.44. The summed E-state index contributed by atoms with van der Waals surface area (Å²) in [6, 6.07) is 5.35. The van der Waals surface area contributed by atoms with Crippen molar-refractivity contribution in [1.82, 2.24) is 9.80 Å². The number of rotatable bonds is 2. The molecule has 2 fully saturated rings. The largest absolute Gasteiger partial charge is 0.464 e. The van der Waals surface area contributed by atoms with E-state index in [2.05, 4.69) is 4.90 Å². The van der Waals surface area contributed by atoms with Crippen LogP contribution in [0.15, 0.2) is 28.9 Å². The first-order valence-corrected chi connectivity index (χ1v) is 9.39. The van der Waals surface area contributed by atoms with Crippen molar-refractivity contribution in [3.63, 3.8) is 0 Å². The second kappa shape index (κ2) is 7.27. The maximum atomic E-state index is 13.3. The van der Waals surface area contributed by atoms with Crippen LogP contribution in [0.2, 0.25) is 0 Å². The Bertz CT molecular complexity index is 774. The summed E-state index contributed by atoms with van der Waals surface area (Å²) < 4.78 is 23.7. The number of carbonyl (C=O) groups excluding carboxylic acids is 1. The van der Waals surface area contributed by atoms with E-state index in [0.29, 0.717) is 17.5 Å². The smallest absolute Gasteiger partial charge is 0.409 e. The second-order valence-electron chi connectivity index (χ2n) is 7.33. The number of fused-ring (bicyclic) bond motifs is 1. The van der Waals surface area contributed by atoms with Crippen molar-refractivity contribution >= 4 is 17.1 Å². The molecule has 4 rings (SSSR count). The predicted molar refractivity (Wildman–Crippen MR) is 96.7 cm³/mol. The Kier molecular flexibility index (Phi) is 4.85. The van der Waals surface area contributed by atoms with Gasteiger partial charge in [0.2, 0.25) is 0 Å². The molecule has 0 N–H and O–H groups in total. The Balaban J connectivity index is 1.35. The molecule has 0 bridgehead atoms. The molecule has 2 aliphatic rings. The SMILES string of the molecule is COC(=O)N1CCC(N2CCC(c3coc4cc(F)ccc34)CC2)CC1. The van der Waals surface area contributed by atoms with Crippen LogP contribution in [0.25, 0.3) is 11.0 Å². The van der Waals surface area contributed by atoms with Crippen molar-refractivity contribution in [3.05, 3.63) is 35.8 Å². The van der Waals surface area contributed by atoms with E-state index in [9.17, 15) is 9.18 Å². The van der Waals surface area contributed by atoms with Gasteiger partial charge in [-0.25, -0.2) is 9.18 Å². The minimum absolute atomic E-state index is 0.217. The Labute approximate surface area is 152 Å². The number of nitrogens with zero attached hydrogens (tertiary/aromatic N) is 2. The number of piperidine rings is 2. The van der Waals surface area contributed by atoms with Gasteiger partial charge in [-0.2, -0.15) is 0 Å². The van der Waals surface area contributed by atoms with Gasteiger partial charge in [0.15, 0.2) is 0 Å². The molecule has 0 aliphatic carbocycles. The van der Waals surface area contributed by atoms with Gasteiger partial charge in [0.25, 0.3) is 0 Å². The van der Waals surface area contributed by atoms with Crippen LogP contribution in [-0.4, -0.2) is 55.2 Å². The van der Waals surface area contributed by atoms with Gasteiger partial charge in [0, 0.05) is 36.1 Å². The third-order valence-electron chi connectivity index (χ3n) is 5.95. The molecule has 0 atom stereocenters. The molecular weight excluding hydrogens is 335 g/mol. The molecule has 0 saturated carbocycles. The molecule has 1 aromatic carbocycles. The lowest BCUT2D eigenvalue weighted by molar-refractivity contribution is 0.0734. The average Bonchev–Trinajstić information content (AvgIpc) is 3.10. The third kappa shape index (κ3) is 3.30. The van der Waals surface area contributed by atoms with Gasteiger partial charge in [-0.05, 0) is 56.8 Å². The number of hydrogen-bond donors (Lipinski definition) is 0. The zero-order chi connectivity index (χ0) is 18.1. The van der Waals surface area contributed by atoms with Crippen LogP contribution in [0.3, 0.4) is 0 Å². The number of methoxy groups -OCH3 is 1. The number of halogens is 1. The van der Waals surface area contributed by atoms with Crippen LogP contribution < -0.4 is 0 Å². The predicted octanol–water partition coefficient (Wildman–Crippen LogP) is 3.98. The molecule has 140 valence electrons. The van der Waals surface area contributed by atoms with Gasteiger partial charge >= 0.3 is 6.09 Å². The number of hydrogen-bond acceptors (Lipinski definition) is 4. The van der Waals surface area contributed by atoms with E-state index in [1.807, 2.05) is 6.07 Å². The van der Waals surface area contributed by atoms with E-state index in [1.165, 1.54) is 24.8 Å². The zero-order valence-corrected chi connectivity index (χ0v) is 15.1. The van der Waals surface area contributed by atoms with Crippen LogP contribution in [0.5, 0.6) is 0 Å². The molecule has 2 aromatic rings. The van der Waals surface area contributed by atoms with Crippen LogP contribution in [0.4, 0.5) is 9.18 Å². The number of carbonyl (C=O) groups is 1. The van der Waals surface area contributed by atoms with Crippen molar-refractivity contribution in [1.29, 1.82) is 0 Å². The summed E-state index contributed by atoms with van der Waals surface area (Å²) in [5, 5.41) is 1.04. The molecular formula is C20H25FN2O3. The summed E-state index contributed by atoms with van der Waals surface area (Å²) in [6.45, 7) is 3.66. The first-order valence-electron chi connectivity index (χ1n) is 9.39. The van der Waals surface area contributed by atoms with Crippen LogP contribution >= 0.6 is 0 Å². The van der Waals surface area contributed by atoms with E-state index in [1.54, 1.807) is 11.2 Å². The summed E-state index contributed by atoms with van der Waals surface area (Å²) in [4.78, 5) is 16.0. The van der Waals surface area contributed by atoms with Crippen molar-refractivity contribution in [2.45, 2.75) is 37.6 Å². The standard InChI is InChI=1S/C20H25FN2O3/c1-25-20(24)23-10-6-16(7-11-23)22-8-4-14(5-9-22)18-13-26-19-12-15(21)2-3-17(18)19/h2-3,12-14,16H,4-11H2,1H3. The summed E-state index contributed by atoms with van der Waals surface area (Å²) in [5.41, 5.74) is 1.85. The number of benzene rings is 1. The normalized spacial score (nSPS) is 20.6. The maximum absolute atomic E-state index is 13.3. The van der Waals surface area contributed by atoms with Gasteiger partial charge in [0.1, 0.15) is 11.4 Å². The molecule has 2 saturated heterocycles. The Morgan fingerprint density at radius 3 is 2.58 bits per heavy atom. The topological polar surface area (TPSA) is 45.9 Å². The fraction of sp³-hybridized carbons (Fsp3) is 0.550. The minimum Gasteiger partial charge on any atom is -0.464 e. The second-order valence-corrected chi connectivity index (χ2v) is 7.33. The first-order chi connectivity index (χ1) is 12.7. The van der Waals surface area contributed by atoms with Gasteiger partial charge in [-0.3, -0.25) is 0 Å². The molecule has 1 aromatic heterocycles. The van der Waals surface area contributed by atoms with Gasteiger partial charge in [-0.1, -0.05) is 0 Å². The minimum atomic E-state index is -0.258. The number of amides is 1. The molecule has 2 aliphatic heterocycles. The van der Waals surface area contributed by atoms with Crippen molar-refractivity contribution in [2.24, 2.45) is 0 Å². The molecule has 0 radical (unpaired) electrons. The van der Waals surface area contributed by atoms with E-state index in [0.717, 1.165) is 57.2 Å². The molecule has 3 heterocycles. The van der Waals surface area contributed by atoms with Crippen molar-refractivity contribution < 1.29 is 18.3 Å². The maximum Gasteiger partial charge on any atom is 0.409 e. The lowest BCUT2D eigenvalue weighted by Gasteiger charge is -2.41. The van der Waals surface area contributed by atoms with Gasteiger partial charge in [-0.15, -0.1) is 0 Å². The lowest BCUT2D eigenvalue weighted by atomic mass is 9.88. The average molecular weight is 360 g/mol. The fourth-order valence-corrected chi connectivity index (χ4v) is 4.46. The highest BCUT2D eigenvalue weighted by Crippen LogP contribution is 2.35. The molecule has 5 nitrogen and oxygen atoms in total.